The van der Waals surface area contributed by atoms with E-state index in [2.05, 4.69) is 28.2 Å². The van der Waals surface area contributed by atoms with Crippen molar-refractivity contribution in [2.45, 2.75) is 39.7 Å². The normalized spacial score (nSPS) is 11.1. The maximum absolute atomic E-state index is 11.4. The van der Waals surface area contributed by atoms with Gasteiger partial charge in [0, 0.05) is 0 Å². The number of nitrogens with one attached hydrogen (secondary N) is 1. The van der Waals surface area contributed by atoms with Crippen molar-refractivity contribution in [3.05, 3.63) is 28.2 Å². The first-order chi connectivity index (χ1) is 9.31. The highest BCUT2D eigenvalue weighted by molar-refractivity contribution is 9.10. The first-order valence-electron chi connectivity index (χ1n) is 6.70. The number of ether oxygens (including phenoxy) is 2. The van der Waals surface area contributed by atoms with Crippen LogP contribution in [-0.2, 0) is 11.2 Å². The average molecular weight is 344 g/mol. The molecule has 0 aromatic heterocycles. The van der Waals surface area contributed by atoms with Gasteiger partial charge in [-0.1, -0.05) is 13.0 Å². The Balaban J connectivity index is 2.33. The Labute approximate surface area is 129 Å². The molecule has 0 aliphatic carbocycles. The van der Waals surface area contributed by atoms with Crippen LogP contribution in [0.2, 0.25) is 0 Å². The van der Waals surface area contributed by atoms with Crippen LogP contribution in [0.25, 0.3) is 0 Å². The molecule has 1 rings (SSSR count). The van der Waals surface area contributed by atoms with Crippen LogP contribution in [0.1, 0.15) is 33.3 Å². The minimum absolute atomic E-state index is 0.392. The number of halogens is 1. The molecular weight excluding hydrogens is 322 g/mol. The first kappa shape index (κ1) is 16.8. The van der Waals surface area contributed by atoms with Gasteiger partial charge < -0.3 is 14.8 Å². The van der Waals surface area contributed by atoms with Crippen molar-refractivity contribution < 1.29 is 14.3 Å². The summed E-state index contributed by atoms with van der Waals surface area (Å²) in [5, 5.41) is 2.65. The van der Waals surface area contributed by atoms with Gasteiger partial charge in [-0.15, -0.1) is 0 Å². The van der Waals surface area contributed by atoms with Crippen molar-refractivity contribution >= 4 is 22.0 Å². The molecule has 1 amide bonds. The first-order valence-corrected chi connectivity index (χ1v) is 7.49. The Morgan fingerprint density at radius 3 is 2.60 bits per heavy atom. The molecule has 4 nitrogen and oxygen atoms in total. The van der Waals surface area contributed by atoms with Crippen molar-refractivity contribution in [1.82, 2.24) is 5.32 Å². The molecule has 0 unspecified atom stereocenters. The van der Waals surface area contributed by atoms with E-state index in [0.717, 1.165) is 16.6 Å². The van der Waals surface area contributed by atoms with Gasteiger partial charge in [-0.3, -0.25) is 0 Å². The van der Waals surface area contributed by atoms with E-state index in [0.29, 0.717) is 13.2 Å². The molecule has 0 heterocycles. The van der Waals surface area contributed by atoms with E-state index in [1.807, 2.05) is 39.0 Å². The lowest BCUT2D eigenvalue weighted by molar-refractivity contribution is 0.0520. The van der Waals surface area contributed by atoms with Crippen LogP contribution in [0.3, 0.4) is 0 Å². The largest absolute Gasteiger partial charge is 0.491 e. The van der Waals surface area contributed by atoms with Gasteiger partial charge in [-0.25, -0.2) is 4.79 Å². The molecule has 20 heavy (non-hydrogen) atoms. The van der Waals surface area contributed by atoms with Crippen LogP contribution < -0.4 is 10.1 Å². The quantitative estimate of drug-likeness (QED) is 0.824. The van der Waals surface area contributed by atoms with Crippen molar-refractivity contribution in [2.75, 3.05) is 13.2 Å². The molecule has 0 fully saturated rings. The number of aryl methyl sites for hydroxylation is 1. The number of amides is 1. The summed E-state index contributed by atoms with van der Waals surface area (Å²) in [5.41, 5.74) is 0.764. The highest BCUT2D eigenvalue weighted by Crippen LogP contribution is 2.26. The summed E-state index contributed by atoms with van der Waals surface area (Å²) in [6, 6.07) is 5.99. The van der Waals surface area contributed by atoms with Gasteiger partial charge in [-0.2, -0.15) is 0 Å². The average Bonchev–Trinajstić information content (AvgIpc) is 2.33. The van der Waals surface area contributed by atoms with Gasteiger partial charge in [0.25, 0.3) is 0 Å². The molecule has 0 aliphatic heterocycles. The van der Waals surface area contributed by atoms with E-state index in [9.17, 15) is 4.79 Å². The lowest BCUT2D eigenvalue weighted by Crippen LogP contribution is -2.34. The molecule has 112 valence electrons. The number of hydrogen-bond acceptors (Lipinski definition) is 3. The topological polar surface area (TPSA) is 47.6 Å². The van der Waals surface area contributed by atoms with E-state index < -0.39 is 11.7 Å². The molecule has 0 aliphatic rings. The monoisotopic (exact) mass is 343 g/mol. The highest BCUT2D eigenvalue weighted by atomic mass is 79.9. The van der Waals surface area contributed by atoms with Crippen LogP contribution in [-0.4, -0.2) is 24.8 Å². The van der Waals surface area contributed by atoms with Crippen molar-refractivity contribution in [3.8, 4) is 5.75 Å². The fourth-order valence-corrected chi connectivity index (χ4v) is 2.05. The summed E-state index contributed by atoms with van der Waals surface area (Å²) >= 11 is 3.47. The van der Waals surface area contributed by atoms with Gasteiger partial charge in [0.1, 0.15) is 18.0 Å². The lowest BCUT2D eigenvalue weighted by atomic mass is 10.2. The number of carbonyl (C=O) groups is 1. The Kier molecular flexibility index (Phi) is 6.33. The van der Waals surface area contributed by atoms with Crippen molar-refractivity contribution in [3.63, 3.8) is 0 Å². The van der Waals surface area contributed by atoms with Crippen LogP contribution >= 0.6 is 15.9 Å². The molecule has 1 aromatic carbocycles. The number of rotatable bonds is 5. The maximum Gasteiger partial charge on any atom is 0.407 e. The third kappa shape index (κ3) is 6.28. The third-order valence-corrected chi connectivity index (χ3v) is 3.05. The van der Waals surface area contributed by atoms with Crippen LogP contribution in [0.5, 0.6) is 5.75 Å². The molecule has 0 spiro atoms. The minimum atomic E-state index is -0.482. The summed E-state index contributed by atoms with van der Waals surface area (Å²) in [7, 11) is 0. The molecule has 1 aromatic rings. The predicted octanol–water partition coefficient (Wildman–Crippen LogP) is 3.92. The second kappa shape index (κ2) is 7.53. The summed E-state index contributed by atoms with van der Waals surface area (Å²) in [6.45, 7) is 8.38. The number of carbonyl (C=O) groups excluding carboxylic acids is 1. The summed E-state index contributed by atoms with van der Waals surface area (Å²) < 4.78 is 11.7. The zero-order valence-electron chi connectivity index (χ0n) is 12.5. The Morgan fingerprint density at radius 1 is 1.35 bits per heavy atom. The smallest absolute Gasteiger partial charge is 0.407 e. The van der Waals surface area contributed by atoms with Gasteiger partial charge in [0.2, 0.25) is 0 Å². The summed E-state index contributed by atoms with van der Waals surface area (Å²) in [6.07, 6.45) is 0.556. The molecule has 5 heteroatoms. The van der Waals surface area contributed by atoms with E-state index >= 15 is 0 Å². The van der Waals surface area contributed by atoms with Gasteiger partial charge in [0.15, 0.2) is 0 Å². The zero-order chi connectivity index (χ0) is 15.2. The molecular formula is C15H22BrNO3. The number of benzene rings is 1. The molecule has 1 N–H and O–H groups in total. The summed E-state index contributed by atoms with van der Waals surface area (Å²) in [4.78, 5) is 11.4. The Bertz CT molecular complexity index is 455. The minimum Gasteiger partial charge on any atom is -0.491 e. The second-order valence-electron chi connectivity index (χ2n) is 5.40. The maximum atomic E-state index is 11.4. The third-order valence-electron chi connectivity index (χ3n) is 2.43. The van der Waals surface area contributed by atoms with Crippen molar-refractivity contribution in [2.24, 2.45) is 0 Å². The van der Waals surface area contributed by atoms with Crippen LogP contribution in [0, 0.1) is 0 Å². The zero-order valence-corrected chi connectivity index (χ0v) is 14.0. The van der Waals surface area contributed by atoms with Crippen LogP contribution in [0.4, 0.5) is 4.79 Å². The number of hydrogen-bond donors (Lipinski definition) is 1. The van der Waals surface area contributed by atoms with Crippen LogP contribution in [0.15, 0.2) is 22.7 Å². The molecule has 0 atom stereocenters. The summed E-state index contributed by atoms with van der Waals surface area (Å²) in [5.74, 6) is 0.771. The SMILES string of the molecule is CCc1ccc(OCCNC(=O)OC(C)(C)C)c(Br)c1. The lowest BCUT2D eigenvalue weighted by Gasteiger charge is -2.19. The fraction of sp³-hybridized carbons (Fsp3) is 0.533. The molecule has 0 radical (unpaired) electrons. The van der Waals surface area contributed by atoms with E-state index in [-0.39, 0.29) is 0 Å². The molecule has 0 bridgehead atoms. The molecule has 0 saturated carbocycles. The van der Waals surface area contributed by atoms with E-state index in [1.165, 1.54) is 5.56 Å². The second-order valence-corrected chi connectivity index (χ2v) is 6.25. The van der Waals surface area contributed by atoms with Gasteiger partial charge >= 0.3 is 6.09 Å². The Morgan fingerprint density at radius 2 is 2.05 bits per heavy atom. The van der Waals surface area contributed by atoms with Crippen molar-refractivity contribution in [1.29, 1.82) is 0 Å². The van der Waals surface area contributed by atoms with Gasteiger partial charge in [0.05, 0.1) is 11.0 Å². The predicted molar refractivity (Wildman–Crippen MR) is 83.3 cm³/mol. The standard InChI is InChI=1S/C15H22BrNO3/c1-5-11-6-7-13(12(16)10-11)19-9-8-17-14(18)20-15(2,3)4/h6-7,10H,5,8-9H2,1-4H3,(H,17,18). The molecule has 0 saturated heterocycles. The van der Waals surface area contributed by atoms with E-state index in [1.54, 1.807) is 0 Å². The van der Waals surface area contributed by atoms with E-state index in [4.69, 9.17) is 9.47 Å². The number of alkyl carbamates (subject to hydrolysis) is 1. The van der Waals surface area contributed by atoms with Gasteiger partial charge in [-0.05, 0) is 60.8 Å². The fourth-order valence-electron chi connectivity index (χ4n) is 1.51. The highest BCUT2D eigenvalue weighted by Gasteiger charge is 2.15. The Hall–Kier alpha value is -1.23.